The highest BCUT2D eigenvalue weighted by atomic mass is 16.3. The predicted molar refractivity (Wildman–Crippen MR) is 158 cm³/mol. The van der Waals surface area contributed by atoms with Crippen molar-refractivity contribution in [1.29, 1.82) is 0 Å². The largest absolute Gasteiger partial charge is 0.507 e. The maximum atomic E-state index is 14.3. The summed E-state index contributed by atoms with van der Waals surface area (Å²) in [6.07, 6.45) is 0.981. The molecule has 4 atom stereocenters. The lowest BCUT2D eigenvalue weighted by atomic mass is 9.59. The van der Waals surface area contributed by atoms with E-state index in [1.54, 1.807) is 39.8 Å². The van der Waals surface area contributed by atoms with Crippen LogP contribution in [0.2, 0.25) is 0 Å². The Hall–Kier alpha value is -3.01. The minimum Gasteiger partial charge on any atom is -0.507 e. The van der Waals surface area contributed by atoms with Crippen molar-refractivity contribution in [1.82, 2.24) is 10.2 Å². The Morgan fingerprint density at radius 2 is 1.76 bits per heavy atom. The molecule has 3 rings (SSSR count). The normalized spacial score (nSPS) is 23.7. The lowest BCUT2D eigenvalue weighted by molar-refractivity contribution is -0.161. The number of ketones is 2. The van der Waals surface area contributed by atoms with Crippen molar-refractivity contribution in [3.05, 3.63) is 46.0 Å². The Morgan fingerprint density at radius 3 is 2.22 bits per heavy atom. The molecule has 0 saturated heterocycles. The quantitative estimate of drug-likeness (QED) is 0.191. The molecule has 1 aromatic rings. The van der Waals surface area contributed by atoms with Crippen molar-refractivity contribution in [2.75, 3.05) is 20.7 Å². The van der Waals surface area contributed by atoms with Gasteiger partial charge in [-0.25, -0.2) is 0 Å². The molecule has 9 heteroatoms. The van der Waals surface area contributed by atoms with Crippen LogP contribution in [0.4, 0.5) is 0 Å². The third-order valence-electron chi connectivity index (χ3n) is 8.40. The number of aliphatic hydroxyl groups is 3. The van der Waals surface area contributed by atoms with Gasteiger partial charge in [-0.2, -0.15) is 0 Å². The van der Waals surface area contributed by atoms with E-state index in [0.717, 1.165) is 5.56 Å². The number of amides is 1. The predicted octanol–water partition coefficient (Wildman–Crippen LogP) is 2.98. The van der Waals surface area contributed by atoms with E-state index in [9.17, 15) is 34.8 Å². The molecule has 41 heavy (non-hydrogen) atoms. The number of Topliss-reactive ketones (excluding diaryl/α,β-unsaturated/α-hetero) is 2. The van der Waals surface area contributed by atoms with Crippen LogP contribution in [0.5, 0.6) is 5.75 Å². The zero-order valence-electron chi connectivity index (χ0n) is 25.8. The summed E-state index contributed by atoms with van der Waals surface area (Å²) in [5, 5.41) is 48.0. The second kappa shape index (κ2) is 11.0. The number of aromatic hydroxyl groups is 1. The van der Waals surface area contributed by atoms with E-state index in [1.165, 1.54) is 0 Å². The van der Waals surface area contributed by atoms with Crippen molar-refractivity contribution >= 4 is 23.2 Å². The molecule has 2 aliphatic carbocycles. The fourth-order valence-corrected chi connectivity index (χ4v) is 6.27. The summed E-state index contributed by atoms with van der Waals surface area (Å²) in [5.41, 5.74) is -2.35. The average Bonchev–Trinajstić information content (AvgIpc) is 2.84. The van der Waals surface area contributed by atoms with Crippen LogP contribution in [-0.2, 0) is 32.6 Å². The molecular formula is C32H46N2O7. The van der Waals surface area contributed by atoms with Gasteiger partial charge in [0.25, 0.3) is 5.91 Å². The number of rotatable bonds is 7. The smallest absolute Gasteiger partial charge is 0.254 e. The summed E-state index contributed by atoms with van der Waals surface area (Å²) in [4.78, 5) is 42.8. The summed E-state index contributed by atoms with van der Waals surface area (Å²) in [7, 11) is 3.33. The van der Waals surface area contributed by atoms with Crippen LogP contribution in [0.25, 0.3) is 5.76 Å². The minimum atomic E-state index is -2.79. The lowest BCUT2D eigenvalue weighted by Crippen LogP contribution is -2.64. The Morgan fingerprint density at radius 1 is 1.17 bits per heavy atom. The first kappa shape index (κ1) is 32.5. The fourth-order valence-electron chi connectivity index (χ4n) is 6.27. The summed E-state index contributed by atoms with van der Waals surface area (Å²) >= 11 is 0. The molecule has 0 aliphatic heterocycles. The number of carbonyl (C=O) groups is 3. The average molecular weight is 571 g/mol. The van der Waals surface area contributed by atoms with Crippen molar-refractivity contribution in [3.63, 3.8) is 0 Å². The molecule has 5 N–H and O–H groups in total. The number of nitrogens with zero attached hydrogens (tertiary/aromatic N) is 1. The first-order valence-corrected chi connectivity index (χ1v) is 14.1. The maximum absolute atomic E-state index is 14.3. The maximum Gasteiger partial charge on any atom is 0.254 e. The molecule has 1 aromatic carbocycles. The standard InChI is InChI=1S/C32H46N2O7/c1-11-17-13-21(30(3,4)5)25(36)24-19(17)12-18-14-20(22(15-35)34(9)10)32(41,28(39)23(18)26(24)37)27(38)16(2)29(40)33-31(6,7)8/h13,18,20,22,35-37,41H,2,11-12,14-15H2,1,3-10H3,(H,33,40)/t18-,20-,22+,32+/m0/s1. The van der Waals surface area contributed by atoms with Gasteiger partial charge in [0.05, 0.1) is 17.7 Å². The van der Waals surface area contributed by atoms with Crippen molar-refractivity contribution in [3.8, 4) is 5.75 Å². The van der Waals surface area contributed by atoms with Crippen LogP contribution in [0.3, 0.4) is 0 Å². The monoisotopic (exact) mass is 570 g/mol. The molecule has 9 nitrogen and oxygen atoms in total. The molecule has 0 bridgehead atoms. The van der Waals surface area contributed by atoms with Gasteiger partial charge in [-0.15, -0.1) is 0 Å². The van der Waals surface area contributed by atoms with E-state index in [2.05, 4.69) is 11.9 Å². The van der Waals surface area contributed by atoms with Gasteiger partial charge in [-0.05, 0) is 76.6 Å². The number of phenols is 1. The van der Waals surface area contributed by atoms with Crippen molar-refractivity contribution < 1.29 is 34.8 Å². The number of benzene rings is 1. The number of fused-ring (bicyclic) bond motifs is 2. The van der Waals surface area contributed by atoms with Crippen LogP contribution in [0.1, 0.15) is 77.1 Å². The van der Waals surface area contributed by atoms with E-state index >= 15 is 0 Å². The number of carbonyl (C=O) groups excluding carboxylic acids is 3. The van der Waals surface area contributed by atoms with Gasteiger partial charge < -0.3 is 30.6 Å². The number of hydrogen-bond donors (Lipinski definition) is 5. The van der Waals surface area contributed by atoms with Gasteiger partial charge in [0, 0.05) is 28.6 Å². The Bertz CT molecular complexity index is 1310. The van der Waals surface area contributed by atoms with E-state index < -0.39 is 69.8 Å². The topological polar surface area (TPSA) is 147 Å². The lowest BCUT2D eigenvalue weighted by Gasteiger charge is -2.48. The van der Waals surface area contributed by atoms with Gasteiger partial charge in [0.2, 0.25) is 11.6 Å². The summed E-state index contributed by atoms with van der Waals surface area (Å²) in [6, 6.07) is 1.11. The van der Waals surface area contributed by atoms with Crippen LogP contribution in [0.15, 0.2) is 23.8 Å². The first-order chi connectivity index (χ1) is 18.7. The number of likely N-dealkylation sites (N-methyl/N-ethyl adjacent to an activating group) is 1. The van der Waals surface area contributed by atoms with Crippen LogP contribution in [0, 0.1) is 11.8 Å². The number of aryl methyl sites for hydroxylation is 1. The van der Waals surface area contributed by atoms with Gasteiger partial charge in [-0.3, -0.25) is 14.4 Å². The molecule has 0 heterocycles. The molecule has 1 amide bonds. The molecule has 0 spiro atoms. The van der Waals surface area contributed by atoms with Gasteiger partial charge in [0.15, 0.2) is 5.60 Å². The molecule has 226 valence electrons. The second-order valence-electron chi connectivity index (χ2n) is 13.7. The van der Waals surface area contributed by atoms with Gasteiger partial charge in [0.1, 0.15) is 11.5 Å². The van der Waals surface area contributed by atoms with Crippen LogP contribution < -0.4 is 5.32 Å². The van der Waals surface area contributed by atoms with Gasteiger partial charge in [-0.1, -0.05) is 40.3 Å². The molecule has 1 saturated carbocycles. The summed E-state index contributed by atoms with van der Waals surface area (Å²) in [6.45, 7) is 16.1. The zero-order chi connectivity index (χ0) is 31.4. The highest BCUT2D eigenvalue weighted by Crippen LogP contribution is 2.51. The van der Waals surface area contributed by atoms with E-state index in [0.29, 0.717) is 24.0 Å². The molecule has 1 fully saturated rings. The Labute approximate surface area is 243 Å². The Balaban J connectivity index is 2.29. The fraction of sp³-hybridized carbons (Fsp3) is 0.594. The van der Waals surface area contributed by atoms with E-state index in [1.807, 2.05) is 33.8 Å². The summed E-state index contributed by atoms with van der Waals surface area (Å²) in [5.74, 6) is -5.38. The highest BCUT2D eigenvalue weighted by molar-refractivity contribution is 6.32. The molecule has 0 unspecified atom stereocenters. The number of aliphatic hydroxyl groups excluding tert-OH is 2. The third-order valence-corrected chi connectivity index (χ3v) is 8.40. The van der Waals surface area contributed by atoms with Crippen LogP contribution in [-0.4, -0.2) is 80.7 Å². The Kier molecular flexibility index (Phi) is 8.72. The van der Waals surface area contributed by atoms with E-state index in [4.69, 9.17) is 0 Å². The molecule has 0 radical (unpaired) electrons. The summed E-state index contributed by atoms with van der Waals surface area (Å²) < 4.78 is 0. The first-order valence-electron chi connectivity index (χ1n) is 14.1. The number of phenolic OH excluding ortho intramolecular Hbond substituents is 1. The minimum absolute atomic E-state index is 0.0648. The number of nitrogens with one attached hydrogen (secondary N) is 1. The third kappa shape index (κ3) is 5.59. The second-order valence-corrected chi connectivity index (χ2v) is 13.7. The van der Waals surface area contributed by atoms with Crippen LogP contribution >= 0.6 is 0 Å². The van der Waals surface area contributed by atoms with Crippen molar-refractivity contribution in [2.24, 2.45) is 11.8 Å². The number of hydrogen-bond acceptors (Lipinski definition) is 8. The van der Waals surface area contributed by atoms with Gasteiger partial charge >= 0.3 is 0 Å². The molecule has 2 aliphatic rings. The van der Waals surface area contributed by atoms with Crippen molar-refractivity contribution in [2.45, 2.75) is 90.3 Å². The SMILES string of the molecule is C=C(C(=O)NC(C)(C)C)C(=O)[C@@]1(O)C(=O)C2=C(O)c3c(O)c(C(C)(C)C)cc(CC)c3C[C@H]2C[C@H]1[C@@H](CO)N(C)C. The molecular weight excluding hydrogens is 524 g/mol. The zero-order valence-corrected chi connectivity index (χ0v) is 25.8. The highest BCUT2D eigenvalue weighted by Gasteiger charge is 2.61. The molecule has 0 aromatic heterocycles. The van der Waals surface area contributed by atoms with E-state index in [-0.39, 0.29) is 23.3 Å².